The van der Waals surface area contributed by atoms with Gasteiger partial charge >= 0.3 is 7.12 Å². The Bertz CT molecular complexity index is 820. The zero-order chi connectivity index (χ0) is 20.3. The zero-order valence-corrected chi connectivity index (χ0v) is 18.0. The van der Waals surface area contributed by atoms with Crippen LogP contribution in [0.3, 0.4) is 0 Å². The first-order valence-corrected chi connectivity index (χ1v) is 12.7. The largest absolute Gasteiger partial charge is 0.508 e. The van der Waals surface area contributed by atoms with E-state index in [1.165, 1.54) is 82.6 Å². The Morgan fingerprint density at radius 1 is 0.633 bits per heavy atom. The lowest BCUT2D eigenvalue weighted by molar-refractivity contribution is -0.00890. The zero-order valence-electron chi connectivity index (χ0n) is 18.0. The summed E-state index contributed by atoms with van der Waals surface area (Å²) in [5.41, 5.74) is 3.06. The maximum absolute atomic E-state index is 11.3. The van der Waals surface area contributed by atoms with E-state index in [2.05, 4.69) is 6.07 Å². The van der Waals surface area contributed by atoms with Gasteiger partial charge in [0, 0.05) is 11.0 Å². The second kappa shape index (κ2) is 6.07. The van der Waals surface area contributed by atoms with Gasteiger partial charge in [0.05, 0.1) is 0 Å². The van der Waals surface area contributed by atoms with Crippen LogP contribution in [0.5, 0.6) is 5.75 Å². The van der Waals surface area contributed by atoms with Crippen LogP contribution in [0.15, 0.2) is 12.1 Å². The topological polar surface area (TPSA) is 60.7 Å². The minimum absolute atomic E-state index is 0.0702. The summed E-state index contributed by atoms with van der Waals surface area (Å²) in [6.45, 7) is 0. The Morgan fingerprint density at radius 3 is 1.43 bits per heavy atom. The Kier molecular flexibility index (Phi) is 3.76. The van der Waals surface area contributed by atoms with Gasteiger partial charge in [-0.2, -0.15) is 0 Å². The van der Waals surface area contributed by atoms with Gasteiger partial charge in [0.1, 0.15) is 5.75 Å². The Morgan fingerprint density at radius 2 is 1.03 bits per heavy atom. The molecule has 0 amide bonds. The van der Waals surface area contributed by atoms with Crippen LogP contribution in [0.4, 0.5) is 0 Å². The maximum atomic E-state index is 11.3. The van der Waals surface area contributed by atoms with Crippen LogP contribution in [0.2, 0.25) is 0 Å². The molecule has 8 aliphatic rings. The molecule has 0 saturated heterocycles. The molecule has 3 N–H and O–H groups in total. The van der Waals surface area contributed by atoms with Gasteiger partial charge in [-0.1, -0.05) is 12.1 Å². The minimum Gasteiger partial charge on any atom is -0.508 e. The highest BCUT2D eigenvalue weighted by atomic mass is 16.4. The monoisotopic (exact) mass is 406 g/mol. The lowest BCUT2D eigenvalue weighted by atomic mass is 9.46. The molecule has 0 heterocycles. The van der Waals surface area contributed by atoms with Crippen LogP contribution in [0.25, 0.3) is 0 Å². The molecule has 8 saturated carbocycles. The normalized spacial score (nSPS) is 47.8. The molecule has 1 aromatic rings. The Balaban J connectivity index is 1.37. The number of hydrogen-bond donors (Lipinski definition) is 3. The van der Waals surface area contributed by atoms with Crippen LogP contribution < -0.4 is 5.46 Å². The number of phenolic OH excluding ortho intramolecular Hbond substituents is 1. The molecule has 0 atom stereocenters. The number of phenols is 1. The molecule has 0 aromatic heterocycles. The maximum Gasteiger partial charge on any atom is 0.492 e. The second-order valence-corrected chi connectivity index (χ2v) is 12.7. The number of aromatic hydroxyl groups is 1. The second-order valence-electron chi connectivity index (χ2n) is 12.7. The van der Waals surface area contributed by atoms with Crippen LogP contribution in [-0.2, 0) is 10.8 Å². The van der Waals surface area contributed by atoms with E-state index in [0.29, 0.717) is 5.46 Å². The van der Waals surface area contributed by atoms with Gasteiger partial charge in [0.2, 0.25) is 0 Å². The van der Waals surface area contributed by atoms with Gasteiger partial charge in [-0.05, 0) is 129 Å². The van der Waals surface area contributed by atoms with E-state index in [9.17, 15) is 15.2 Å². The van der Waals surface area contributed by atoms with Gasteiger partial charge in [-0.15, -0.1) is 0 Å². The van der Waals surface area contributed by atoms with Crippen molar-refractivity contribution in [2.75, 3.05) is 0 Å². The molecule has 8 fully saturated rings. The smallest absolute Gasteiger partial charge is 0.492 e. The minimum atomic E-state index is -1.59. The van der Waals surface area contributed by atoms with Crippen LogP contribution in [0, 0.1) is 35.5 Å². The molecule has 8 aliphatic carbocycles. The summed E-state index contributed by atoms with van der Waals surface area (Å²) in [6.07, 6.45) is 15.8. The average molecular weight is 406 g/mol. The molecule has 8 bridgehead atoms. The van der Waals surface area contributed by atoms with E-state index in [4.69, 9.17) is 0 Å². The van der Waals surface area contributed by atoms with Crippen molar-refractivity contribution in [2.45, 2.75) is 87.9 Å². The summed E-state index contributed by atoms with van der Waals surface area (Å²) in [4.78, 5) is 0. The molecule has 0 aliphatic heterocycles. The van der Waals surface area contributed by atoms with Crippen molar-refractivity contribution in [1.82, 2.24) is 0 Å². The van der Waals surface area contributed by atoms with Crippen molar-refractivity contribution in [2.24, 2.45) is 35.5 Å². The van der Waals surface area contributed by atoms with E-state index in [-0.39, 0.29) is 16.6 Å². The van der Waals surface area contributed by atoms with Crippen molar-refractivity contribution in [1.29, 1.82) is 0 Å². The first-order valence-electron chi connectivity index (χ1n) is 12.7. The molecular weight excluding hydrogens is 371 g/mol. The van der Waals surface area contributed by atoms with Gasteiger partial charge in [-0.25, -0.2) is 0 Å². The fourth-order valence-electron chi connectivity index (χ4n) is 10.5. The van der Waals surface area contributed by atoms with Crippen molar-refractivity contribution < 1.29 is 15.2 Å². The molecule has 1 aromatic carbocycles. The molecule has 4 heteroatoms. The van der Waals surface area contributed by atoms with Crippen LogP contribution in [0.1, 0.15) is 88.2 Å². The number of rotatable bonds is 3. The Hall–Kier alpha value is -0.995. The molecule has 0 unspecified atom stereocenters. The lowest BCUT2D eigenvalue weighted by Crippen LogP contribution is -2.51. The molecule has 3 nitrogen and oxygen atoms in total. The highest BCUT2D eigenvalue weighted by Gasteiger charge is 2.55. The lowest BCUT2D eigenvalue weighted by Gasteiger charge is -2.58. The quantitative estimate of drug-likeness (QED) is 0.665. The van der Waals surface area contributed by atoms with Crippen molar-refractivity contribution in [3.63, 3.8) is 0 Å². The molecule has 0 spiro atoms. The van der Waals surface area contributed by atoms with Crippen LogP contribution >= 0.6 is 0 Å². The average Bonchev–Trinajstić information content (AvgIpc) is 2.65. The van der Waals surface area contributed by atoms with E-state index in [1.807, 2.05) is 6.07 Å². The fraction of sp³-hybridized carbons (Fsp3) is 0.769. The molecule has 30 heavy (non-hydrogen) atoms. The Labute approximate surface area is 180 Å². The first kappa shape index (κ1) is 18.6. The molecule has 160 valence electrons. The SMILES string of the molecule is OB(O)c1cc(C23CC4CC(CC(C4)C2)C3)cc(C23CC4CC(CC(C4)C2)C3)c1O. The summed E-state index contributed by atoms with van der Waals surface area (Å²) < 4.78 is 0. The molecular formula is C26H35BO3. The molecule has 0 radical (unpaired) electrons. The summed E-state index contributed by atoms with van der Waals surface area (Å²) >= 11 is 0. The highest BCUT2D eigenvalue weighted by Crippen LogP contribution is 2.64. The third-order valence-corrected chi connectivity index (χ3v) is 10.7. The predicted molar refractivity (Wildman–Crippen MR) is 118 cm³/mol. The van der Waals surface area contributed by atoms with Gasteiger partial charge < -0.3 is 15.2 Å². The van der Waals surface area contributed by atoms with Crippen molar-refractivity contribution in [3.8, 4) is 5.75 Å². The summed E-state index contributed by atoms with van der Waals surface area (Å²) in [6, 6.07) is 4.36. The highest BCUT2D eigenvalue weighted by molar-refractivity contribution is 6.59. The van der Waals surface area contributed by atoms with Crippen LogP contribution in [-0.4, -0.2) is 22.3 Å². The summed E-state index contributed by atoms with van der Waals surface area (Å²) in [5, 5.41) is 31.7. The third-order valence-electron chi connectivity index (χ3n) is 10.7. The van der Waals surface area contributed by atoms with E-state index in [1.54, 1.807) is 0 Å². The van der Waals surface area contributed by atoms with Crippen molar-refractivity contribution >= 4 is 12.6 Å². The van der Waals surface area contributed by atoms with Gasteiger partial charge in [0.15, 0.2) is 0 Å². The third kappa shape index (κ3) is 2.53. The van der Waals surface area contributed by atoms with Crippen molar-refractivity contribution in [3.05, 3.63) is 23.3 Å². The van der Waals surface area contributed by atoms with Gasteiger partial charge in [-0.3, -0.25) is 0 Å². The number of benzene rings is 1. The predicted octanol–water partition coefficient (Wildman–Crippen LogP) is 4.01. The van der Waals surface area contributed by atoms with Gasteiger partial charge in [0.25, 0.3) is 0 Å². The van der Waals surface area contributed by atoms with E-state index >= 15 is 0 Å². The number of hydrogen-bond acceptors (Lipinski definition) is 3. The van der Waals surface area contributed by atoms with E-state index < -0.39 is 7.12 Å². The summed E-state index contributed by atoms with van der Waals surface area (Å²) in [7, 11) is -1.59. The first-order chi connectivity index (χ1) is 14.4. The summed E-state index contributed by atoms with van der Waals surface area (Å²) in [5.74, 6) is 5.19. The fourth-order valence-corrected chi connectivity index (χ4v) is 10.5. The molecule has 9 rings (SSSR count). The van der Waals surface area contributed by atoms with E-state index in [0.717, 1.165) is 41.1 Å². The standard InChI is InChI=1S/C26H35BO3/c28-24-22(26-12-18-4-19(13-26)6-20(5-18)14-26)7-21(8-23(24)27(29)30)25-9-15-1-16(10-25)3-17(2-15)11-25/h7-8,15-20,28-30H,1-6,9-14H2.